The van der Waals surface area contributed by atoms with Gasteiger partial charge in [0.2, 0.25) is 11.8 Å². The Labute approximate surface area is 211 Å². The third-order valence-corrected chi connectivity index (χ3v) is 6.45. The predicted octanol–water partition coefficient (Wildman–Crippen LogP) is 3.30. The van der Waals surface area contributed by atoms with Gasteiger partial charge in [-0.1, -0.05) is 49.4 Å². The largest absolute Gasteiger partial charge is 0.359 e. The smallest absolute Gasteiger partial charge is 0.247 e. The Morgan fingerprint density at radius 3 is 2.44 bits per heavy atom. The molecule has 0 spiro atoms. The summed E-state index contributed by atoms with van der Waals surface area (Å²) < 4.78 is 0. The summed E-state index contributed by atoms with van der Waals surface area (Å²) in [6, 6.07) is 22.3. The molecule has 0 unspecified atom stereocenters. The third kappa shape index (κ3) is 6.06. The summed E-state index contributed by atoms with van der Waals surface area (Å²) in [5.41, 5.74) is 3.42. The molecule has 0 bridgehead atoms. The van der Waals surface area contributed by atoms with Crippen molar-refractivity contribution in [2.75, 3.05) is 43.4 Å². The highest BCUT2D eigenvalue weighted by Crippen LogP contribution is 2.21. The molecule has 1 fully saturated rings. The molecular weight excluding hydrogens is 452 g/mol. The molecule has 0 saturated carbocycles. The summed E-state index contributed by atoms with van der Waals surface area (Å²) >= 11 is 0. The summed E-state index contributed by atoms with van der Waals surface area (Å²) in [4.78, 5) is 33.4. The number of carbonyl (C=O) groups is 2. The van der Waals surface area contributed by atoms with Gasteiger partial charge in [0, 0.05) is 26.7 Å². The van der Waals surface area contributed by atoms with Crippen molar-refractivity contribution in [3.63, 3.8) is 0 Å². The fourth-order valence-corrected chi connectivity index (χ4v) is 4.13. The number of benzene rings is 2. The molecule has 0 aliphatic carbocycles. The van der Waals surface area contributed by atoms with Crippen molar-refractivity contribution in [1.82, 2.24) is 15.2 Å². The molecule has 0 radical (unpaired) electrons. The molecule has 8 heteroatoms. The third-order valence-electron chi connectivity index (χ3n) is 6.45. The van der Waals surface area contributed by atoms with Gasteiger partial charge in [-0.05, 0) is 41.3 Å². The van der Waals surface area contributed by atoms with E-state index in [-0.39, 0.29) is 17.7 Å². The first kappa shape index (κ1) is 24.9. The minimum absolute atomic E-state index is 0.0747. The van der Waals surface area contributed by atoms with Gasteiger partial charge in [-0.15, -0.1) is 0 Å². The van der Waals surface area contributed by atoms with Crippen LogP contribution in [0.3, 0.4) is 0 Å². The number of piperazine rings is 1. The van der Waals surface area contributed by atoms with Gasteiger partial charge in [-0.3, -0.25) is 9.59 Å². The lowest BCUT2D eigenvalue weighted by Crippen LogP contribution is -2.48. The molecular formula is C28H30N6O2. The fraction of sp³-hybridized carbons (Fsp3) is 0.286. The van der Waals surface area contributed by atoms with Crippen molar-refractivity contribution in [1.29, 1.82) is 5.26 Å². The van der Waals surface area contributed by atoms with Gasteiger partial charge in [0.25, 0.3) is 0 Å². The quantitative estimate of drug-likeness (QED) is 0.511. The number of amides is 2. The van der Waals surface area contributed by atoms with Gasteiger partial charge < -0.3 is 20.4 Å². The van der Waals surface area contributed by atoms with Crippen molar-refractivity contribution in [3.8, 4) is 6.07 Å². The molecule has 2 atom stereocenters. The van der Waals surface area contributed by atoms with Crippen LogP contribution >= 0.6 is 0 Å². The number of anilines is 2. The minimum Gasteiger partial charge on any atom is -0.359 e. The zero-order valence-electron chi connectivity index (χ0n) is 20.5. The van der Waals surface area contributed by atoms with Crippen LogP contribution in [0.15, 0.2) is 72.9 Å². The van der Waals surface area contributed by atoms with E-state index in [2.05, 4.69) is 28.6 Å². The van der Waals surface area contributed by atoms with E-state index in [1.807, 2.05) is 53.4 Å². The number of rotatable bonds is 8. The molecule has 184 valence electrons. The van der Waals surface area contributed by atoms with Crippen molar-refractivity contribution >= 4 is 23.3 Å². The summed E-state index contributed by atoms with van der Waals surface area (Å²) in [6.45, 7) is 4.39. The Morgan fingerprint density at radius 1 is 1.06 bits per heavy atom. The van der Waals surface area contributed by atoms with Crippen LogP contribution in [0.2, 0.25) is 0 Å². The van der Waals surface area contributed by atoms with E-state index in [0.29, 0.717) is 31.0 Å². The molecule has 2 aromatic carbocycles. The Kier molecular flexibility index (Phi) is 7.93. The number of nitrogens with zero attached hydrogens (tertiary/aromatic N) is 4. The maximum absolute atomic E-state index is 13.3. The van der Waals surface area contributed by atoms with Gasteiger partial charge in [0.1, 0.15) is 11.9 Å². The van der Waals surface area contributed by atoms with Crippen LogP contribution in [0.5, 0.6) is 0 Å². The second-order valence-corrected chi connectivity index (χ2v) is 9.01. The molecule has 2 amide bonds. The van der Waals surface area contributed by atoms with Crippen LogP contribution in [0.4, 0.5) is 11.5 Å². The molecule has 1 aliphatic heterocycles. The molecule has 2 N–H and O–H groups in total. The number of nitriles is 1. The van der Waals surface area contributed by atoms with Crippen molar-refractivity contribution in [2.45, 2.75) is 18.9 Å². The molecule has 1 saturated heterocycles. The first-order valence-corrected chi connectivity index (χ1v) is 12.0. The number of aromatic nitrogens is 1. The molecule has 4 rings (SSSR count). The van der Waals surface area contributed by atoms with E-state index in [9.17, 15) is 9.59 Å². The fourth-order valence-electron chi connectivity index (χ4n) is 4.13. The lowest BCUT2D eigenvalue weighted by molar-refractivity contribution is -0.129. The molecule has 2 heterocycles. The normalized spacial score (nSPS) is 15.2. The maximum atomic E-state index is 13.3. The Balaban J connectivity index is 1.42. The van der Waals surface area contributed by atoms with Gasteiger partial charge in [0.15, 0.2) is 0 Å². The summed E-state index contributed by atoms with van der Waals surface area (Å²) in [7, 11) is 1.80. The van der Waals surface area contributed by atoms with Crippen LogP contribution in [-0.2, 0) is 9.59 Å². The SMILES string of the molecule is C[C@H](CN[C@H](C(=O)Nc1ccc(N2CCN(C)C(=O)C2)cn1)c1ccccc1)c1ccc(C#N)cc1. The van der Waals surface area contributed by atoms with E-state index in [1.165, 1.54) is 0 Å². The highest BCUT2D eigenvalue weighted by Gasteiger charge is 2.23. The lowest BCUT2D eigenvalue weighted by atomic mass is 9.98. The van der Waals surface area contributed by atoms with Crippen LogP contribution in [-0.4, -0.2) is 54.9 Å². The van der Waals surface area contributed by atoms with E-state index in [1.54, 1.807) is 36.3 Å². The average molecular weight is 483 g/mol. The topological polar surface area (TPSA) is 101 Å². The number of pyridine rings is 1. The van der Waals surface area contributed by atoms with Crippen molar-refractivity contribution in [3.05, 3.63) is 89.6 Å². The van der Waals surface area contributed by atoms with Crippen molar-refractivity contribution in [2.24, 2.45) is 0 Å². The van der Waals surface area contributed by atoms with Crippen LogP contribution in [0.25, 0.3) is 0 Å². The van der Waals surface area contributed by atoms with E-state index in [0.717, 1.165) is 23.4 Å². The highest BCUT2D eigenvalue weighted by molar-refractivity contribution is 5.95. The number of hydrogen-bond donors (Lipinski definition) is 2. The lowest BCUT2D eigenvalue weighted by Gasteiger charge is -2.33. The van der Waals surface area contributed by atoms with E-state index < -0.39 is 6.04 Å². The highest BCUT2D eigenvalue weighted by atomic mass is 16.2. The monoisotopic (exact) mass is 482 g/mol. The second-order valence-electron chi connectivity index (χ2n) is 9.01. The Hall–Kier alpha value is -4.22. The summed E-state index contributed by atoms with van der Waals surface area (Å²) in [5.74, 6) is 0.460. The minimum atomic E-state index is -0.566. The molecule has 3 aromatic rings. The number of nitrogens with one attached hydrogen (secondary N) is 2. The van der Waals surface area contributed by atoms with Crippen LogP contribution < -0.4 is 15.5 Å². The average Bonchev–Trinajstić information content (AvgIpc) is 2.91. The van der Waals surface area contributed by atoms with Gasteiger partial charge in [-0.25, -0.2) is 4.98 Å². The molecule has 1 aromatic heterocycles. The summed E-state index contributed by atoms with van der Waals surface area (Å²) in [5, 5.41) is 15.3. The molecule has 1 aliphatic rings. The van der Waals surface area contributed by atoms with E-state index >= 15 is 0 Å². The first-order valence-electron chi connectivity index (χ1n) is 12.0. The number of likely N-dealkylation sites (N-methyl/N-ethyl adjacent to an activating group) is 1. The molecule has 8 nitrogen and oxygen atoms in total. The first-order chi connectivity index (χ1) is 17.4. The molecule has 36 heavy (non-hydrogen) atoms. The Bertz CT molecular complexity index is 1220. The van der Waals surface area contributed by atoms with E-state index in [4.69, 9.17) is 5.26 Å². The zero-order valence-corrected chi connectivity index (χ0v) is 20.5. The summed E-state index contributed by atoms with van der Waals surface area (Å²) in [6.07, 6.45) is 1.69. The number of carbonyl (C=O) groups excluding carboxylic acids is 2. The predicted molar refractivity (Wildman–Crippen MR) is 139 cm³/mol. The Morgan fingerprint density at radius 2 is 1.81 bits per heavy atom. The van der Waals surface area contributed by atoms with Crippen LogP contribution in [0, 0.1) is 11.3 Å². The van der Waals surface area contributed by atoms with Gasteiger partial charge >= 0.3 is 0 Å². The second kappa shape index (κ2) is 11.5. The zero-order chi connectivity index (χ0) is 25.5. The van der Waals surface area contributed by atoms with Crippen LogP contribution in [0.1, 0.15) is 35.6 Å². The van der Waals surface area contributed by atoms with Gasteiger partial charge in [0.05, 0.1) is 30.1 Å². The number of hydrogen-bond acceptors (Lipinski definition) is 6. The standard InChI is InChI=1S/C28H30N6O2/c1-20(22-10-8-21(16-29)9-11-22)17-31-27(23-6-4-3-5-7-23)28(36)32-25-13-12-24(18-30-25)34-15-14-33(2)26(35)19-34/h3-13,18,20,27,31H,14-15,17,19H2,1-2H3,(H,30,32,36)/t20-,27+/m1/s1. The maximum Gasteiger partial charge on any atom is 0.247 e. The van der Waals surface area contributed by atoms with Gasteiger partial charge in [-0.2, -0.15) is 5.26 Å². The van der Waals surface area contributed by atoms with Crippen molar-refractivity contribution < 1.29 is 9.59 Å².